The summed E-state index contributed by atoms with van der Waals surface area (Å²) in [4.78, 5) is 47.2. The lowest BCUT2D eigenvalue weighted by Gasteiger charge is -2.40. The summed E-state index contributed by atoms with van der Waals surface area (Å²) < 4.78 is 32.9. The molecular formula is C23H24O10. The molecule has 2 heterocycles. The number of benzene rings is 1. The van der Waals surface area contributed by atoms with E-state index in [2.05, 4.69) is 0 Å². The van der Waals surface area contributed by atoms with Crippen molar-refractivity contribution in [3.8, 4) is 5.75 Å². The van der Waals surface area contributed by atoms with Crippen LogP contribution in [0.4, 0.5) is 0 Å². The summed E-state index contributed by atoms with van der Waals surface area (Å²) >= 11 is 0. The average molecular weight is 460 g/mol. The number of carbonyl (C=O) groups is 3. The maximum Gasteiger partial charge on any atom is 0.339 e. The minimum absolute atomic E-state index is 0.157. The highest BCUT2D eigenvalue weighted by Crippen LogP contribution is 2.32. The van der Waals surface area contributed by atoms with Gasteiger partial charge in [-0.2, -0.15) is 0 Å². The van der Waals surface area contributed by atoms with Crippen molar-refractivity contribution in [2.24, 2.45) is 0 Å². The van der Waals surface area contributed by atoms with Crippen molar-refractivity contribution in [2.75, 3.05) is 6.61 Å². The Labute approximate surface area is 188 Å². The predicted molar refractivity (Wildman–Crippen MR) is 112 cm³/mol. The summed E-state index contributed by atoms with van der Waals surface area (Å²) in [6.45, 7) is 3.41. The topological polar surface area (TPSA) is 128 Å². The van der Waals surface area contributed by atoms with Gasteiger partial charge in [0.15, 0.2) is 12.2 Å². The molecule has 0 N–H and O–H groups in total. The maximum atomic E-state index is 12.3. The van der Waals surface area contributed by atoms with Crippen LogP contribution in [0.25, 0.3) is 11.0 Å². The molecule has 1 aliphatic heterocycles. The van der Waals surface area contributed by atoms with Crippen LogP contribution in [0.1, 0.15) is 38.3 Å². The van der Waals surface area contributed by atoms with Gasteiger partial charge in [-0.05, 0) is 37.0 Å². The molecule has 0 spiro atoms. The average Bonchev–Trinajstić information content (AvgIpc) is 3.22. The van der Waals surface area contributed by atoms with E-state index in [1.165, 1.54) is 20.8 Å². The molecule has 4 atom stereocenters. The van der Waals surface area contributed by atoms with Gasteiger partial charge in [-0.15, -0.1) is 0 Å². The molecule has 176 valence electrons. The predicted octanol–water partition coefficient (Wildman–Crippen LogP) is 1.81. The molecule has 2 aromatic rings. The largest absolute Gasteiger partial charge is 0.461 e. The number of carbonyl (C=O) groups excluding carboxylic acids is 3. The highest BCUT2D eigenvalue weighted by Gasteiger charge is 2.48. The van der Waals surface area contributed by atoms with E-state index in [0.29, 0.717) is 23.3 Å². The van der Waals surface area contributed by atoms with Gasteiger partial charge >= 0.3 is 23.5 Å². The van der Waals surface area contributed by atoms with E-state index in [9.17, 15) is 19.2 Å². The lowest BCUT2D eigenvalue weighted by atomic mass is 10.0. The summed E-state index contributed by atoms with van der Waals surface area (Å²) in [6.07, 6.45) is -2.12. The third kappa shape index (κ3) is 4.85. The van der Waals surface area contributed by atoms with Crippen LogP contribution >= 0.6 is 0 Å². The number of hydrogen-bond acceptors (Lipinski definition) is 10. The quantitative estimate of drug-likeness (QED) is 0.370. The molecule has 4 unspecified atom stereocenters. The normalized spacial score (nSPS) is 24.1. The smallest absolute Gasteiger partial charge is 0.339 e. The second kappa shape index (κ2) is 9.22. The molecular weight excluding hydrogens is 436 g/mol. The Kier molecular flexibility index (Phi) is 6.37. The van der Waals surface area contributed by atoms with Crippen molar-refractivity contribution in [2.45, 2.75) is 64.6 Å². The summed E-state index contributed by atoms with van der Waals surface area (Å²) in [5.41, 5.74) is 1.70. The zero-order chi connectivity index (χ0) is 23.7. The van der Waals surface area contributed by atoms with Gasteiger partial charge in [0.25, 0.3) is 0 Å². The maximum absolute atomic E-state index is 12.3. The first-order valence-corrected chi connectivity index (χ1v) is 10.6. The van der Waals surface area contributed by atoms with Crippen molar-refractivity contribution in [3.63, 3.8) is 0 Å². The van der Waals surface area contributed by atoms with Crippen LogP contribution in [0.3, 0.4) is 0 Å². The summed E-state index contributed by atoms with van der Waals surface area (Å²) in [5.74, 6) is -1.65. The molecule has 4 rings (SSSR count). The molecule has 1 aliphatic carbocycles. The van der Waals surface area contributed by atoms with Crippen LogP contribution in [0, 0.1) is 0 Å². The fourth-order valence-corrected chi connectivity index (χ4v) is 4.28. The van der Waals surface area contributed by atoms with E-state index in [1.54, 1.807) is 18.2 Å². The molecule has 1 aromatic carbocycles. The lowest BCUT2D eigenvalue weighted by Crippen LogP contribution is -2.59. The first-order valence-electron chi connectivity index (χ1n) is 10.6. The number of esters is 3. The van der Waals surface area contributed by atoms with Crippen LogP contribution in [0.15, 0.2) is 27.4 Å². The Morgan fingerprint density at radius 2 is 1.58 bits per heavy atom. The van der Waals surface area contributed by atoms with E-state index in [-0.39, 0.29) is 12.2 Å². The van der Waals surface area contributed by atoms with Gasteiger partial charge in [0.1, 0.15) is 11.3 Å². The van der Waals surface area contributed by atoms with E-state index < -0.39 is 42.5 Å². The Morgan fingerprint density at radius 1 is 0.909 bits per heavy atom. The molecule has 1 aromatic heterocycles. The van der Waals surface area contributed by atoms with Gasteiger partial charge in [-0.25, -0.2) is 4.79 Å². The monoisotopic (exact) mass is 460 g/mol. The Morgan fingerprint density at radius 3 is 2.27 bits per heavy atom. The minimum atomic E-state index is -1.22. The number of fused-ring (bicyclic) bond motifs is 3. The van der Waals surface area contributed by atoms with Crippen molar-refractivity contribution in [1.29, 1.82) is 0 Å². The van der Waals surface area contributed by atoms with E-state index in [1.807, 2.05) is 0 Å². The van der Waals surface area contributed by atoms with E-state index in [4.69, 9.17) is 28.1 Å². The number of aryl methyl sites for hydroxylation is 1. The molecule has 2 aliphatic rings. The van der Waals surface area contributed by atoms with Gasteiger partial charge in [-0.3, -0.25) is 14.4 Å². The van der Waals surface area contributed by atoms with E-state index in [0.717, 1.165) is 23.8 Å². The third-order valence-electron chi connectivity index (χ3n) is 5.50. The van der Waals surface area contributed by atoms with E-state index >= 15 is 0 Å². The second-order valence-electron chi connectivity index (χ2n) is 7.97. The van der Waals surface area contributed by atoms with Crippen molar-refractivity contribution in [3.05, 3.63) is 39.7 Å². The van der Waals surface area contributed by atoms with Crippen LogP contribution in [0.2, 0.25) is 0 Å². The van der Waals surface area contributed by atoms with Gasteiger partial charge < -0.3 is 28.1 Å². The fraction of sp³-hybridized carbons (Fsp3) is 0.478. The highest BCUT2D eigenvalue weighted by atomic mass is 16.7. The second-order valence-corrected chi connectivity index (χ2v) is 7.97. The third-order valence-corrected chi connectivity index (χ3v) is 5.50. The number of ether oxygens (including phenoxy) is 5. The van der Waals surface area contributed by atoms with Crippen molar-refractivity contribution >= 4 is 28.9 Å². The number of hydrogen-bond donors (Lipinski definition) is 0. The van der Waals surface area contributed by atoms with Crippen molar-refractivity contribution in [1.82, 2.24) is 0 Å². The zero-order valence-corrected chi connectivity index (χ0v) is 18.5. The molecule has 0 radical (unpaired) electrons. The van der Waals surface area contributed by atoms with Crippen LogP contribution in [0.5, 0.6) is 5.75 Å². The Bertz CT molecular complexity index is 1150. The first-order chi connectivity index (χ1) is 15.7. The Hall–Kier alpha value is -3.40. The molecule has 33 heavy (non-hydrogen) atoms. The van der Waals surface area contributed by atoms with Gasteiger partial charge in [0, 0.05) is 37.8 Å². The molecule has 0 saturated carbocycles. The molecule has 0 amide bonds. The fourth-order valence-electron chi connectivity index (χ4n) is 4.28. The van der Waals surface area contributed by atoms with Gasteiger partial charge in [0.05, 0.1) is 6.61 Å². The van der Waals surface area contributed by atoms with Gasteiger partial charge in [0.2, 0.25) is 12.4 Å². The van der Waals surface area contributed by atoms with Gasteiger partial charge in [-0.1, -0.05) is 0 Å². The number of rotatable bonds is 5. The van der Waals surface area contributed by atoms with Crippen LogP contribution in [-0.4, -0.2) is 49.1 Å². The summed E-state index contributed by atoms with van der Waals surface area (Å²) in [6, 6.07) is 5.04. The molecule has 1 saturated heterocycles. The summed E-state index contributed by atoms with van der Waals surface area (Å²) in [5, 5.41) is 0.836. The molecule has 1 fully saturated rings. The van der Waals surface area contributed by atoms with Crippen molar-refractivity contribution < 1.29 is 42.5 Å². The highest BCUT2D eigenvalue weighted by molar-refractivity contribution is 5.83. The molecule has 10 nitrogen and oxygen atoms in total. The van der Waals surface area contributed by atoms with Crippen LogP contribution < -0.4 is 10.4 Å². The minimum Gasteiger partial charge on any atom is -0.461 e. The standard InChI is InChI=1S/C23H24O10/c1-11(24)29-19-10-28-23(21(31-13(3)26)20(19)30-12(2)25)32-14-7-8-16-15-5-4-6-17(15)22(27)33-18(16)9-14/h7-9,19-21,23H,4-6,10H2,1-3H3. The zero-order valence-electron chi connectivity index (χ0n) is 18.5. The molecule has 0 bridgehead atoms. The lowest BCUT2D eigenvalue weighted by molar-refractivity contribution is -0.259. The van der Waals surface area contributed by atoms with Crippen LogP contribution in [-0.2, 0) is 46.2 Å². The first kappa shape index (κ1) is 22.8. The summed E-state index contributed by atoms with van der Waals surface area (Å²) in [7, 11) is 0. The Balaban J connectivity index is 1.64. The molecule has 10 heteroatoms. The SMILES string of the molecule is CC(=O)OC1COC(Oc2ccc3c4c(c(=O)oc3c2)CCC4)C(OC(C)=O)C1OC(C)=O.